The van der Waals surface area contributed by atoms with Gasteiger partial charge < -0.3 is 15.5 Å². The minimum absolute atomic E-state index is 0.120. The lowest BCUT2D eigenvalue weighted by molar-refractivity contribution is 0.278. The van der Waals surface area contributed by atoms with Crippen LogP contribution in [-0.4, -0.2) is 16.2 Å². The van der Waals surface area contributed by atoms with Crippen molar-refractivity contribution < 1.29 is 4.42 Å². The number of nitrogens with one attached hydrogen (secondary N) is 1. The van der Waals surface area contributed by atoms with Crippen molar-refractivity contribution in [3.8, 4) is 0 Å². The van der Waals surface area contributed by atoms with Crippen LogP contribution in [0.2, 0.25) is 0 Å². The quantitative estimate of drug-likeness (QED) is 0.779. The molecular formula is C10H18N4O. The zero-order valence-electron chi connectivity index (χ0n) is 9.23. The minimum Gasteiger partial charge on any atom is -0.390 e. The Morgan fingerprint density at radius 3 is 2.40 bits per heavy atom. The summed E-state index contributed by atoms with van der Waals surface area (Å²) >= 11 is 0. The number of nitrogens with zero attached hydrogens (tertiary/aromatic N) is 2. The molecule has 0 spiro atoms. The van der Waals surface area contributed by atoms with Crippen molar-refractivity contribution in [1.82, 2.24) is 10.2 Å². The Hall–Kier alpha value is -1.26. The normalized spacial score (nSPS) is 31.5. The van der Waals surface area contributed by atoms with Crippen LogP contribution in [0.15, 0.2) is 4.42 Å². The first-order valence-corrected chi connectivity index (χ1v) is 5.49. The number of nitrogen functional groups attached to an aromatic ring is 1. The van der Waals surface area contributed by atoms with Crippen LogP contribution in [0.5, 0.6) is 0 Å². The van der Waals surface area contributed by atoms with Crippen LogP contribution in [-0.2, 0) is 0 Å². The van der Waals surface area contributed by atoms with Gasteiger partial charge in [0.2, 0.25) is 0 Å². The third-order valence-electron chi connectivity index (χ3n) is 2.95. The van der Waals surface area contributed by atoms with Crippen molar-refractivity contribution in [3.05, 3.63) is 0 Å². The average molecular weight is 210 g/mol. The van der Waals surface area contributed by atoms with E-state index in [4.69, 9.17) is 10.2 Å². The maximum atomic E-state index is 5.36. The van der Waals surface area contributed by atoms with Crippen LogP contribution in [0.3, 0.4) is 0 Å². The third kappa shape index (κ3) is 2.61. The fraction of sp³-hybridized carbons (Fsp3) is 0.800. The SMILES string of the molecule is CC1CC(C)CC(Nc2nnc(N)o2)C1. The van der Waals surface area contributed by atoms with Gasteiger partial charge in [0.25, 0.3) is 0 Å². The lowest BCUT2D eigenvalue weighted by atomic mass is 9.80. The summed E-state index contributed by atoms with van der Waals surface area (Å²) in [7, 11) is 0. The zero-order valence-corrected chi connectivity index (χ0v) is 9.23. The number of nitrogens with two attached hydrogens (primary N) is 1. The number of anilines is 2. The molecule has 1 fully saturated rings. The van der Waals surface area contributed by atoms with Crippen LogP contribution < -0.4 is 11.1 Å². The van der Waals surface area contributed by atoms with E-state index in [2.05, 4.69) is 29.4 Å². The molecule has 0 radical (unpaired) electrons. The van der Waals surface area contributed by atoms with E-state index >= 15 is 0 Å². The molecule has 2 unspecified atom stereocenters. The van der Waals surface area contributed by atoms with E-state index < -0.39 is 0 Å². The molecule has 5 heteroatoms. The van der Waals surface area contributed by atoms with Crippen molar-refractivity contribution in [3.63, 3.8) is 0 Å². The van der Waals surface area contributed by atoms with Gasteiger partial charge in [-0.05, 0) is 31.1 Å². The molecule has 3 N–H and O–H groups in total. The van der Waals surface area contributed by atoms with E-state index in [1.165, 1.54) is 6.42 Å². The highest BCUT2D eigenvalue weighted by Gasteiger charge is 2.24. The topological polar surface area (TPSA) is 77.0 Å². The first kappa shape index (κ1) is 10.3. The summed E-state index contributed by atoms with van der Waals surface area (Å²) in [6, 6.07) is 0.997. The highest BCUT2D eigenvalue weighted by molar-refractivity contribution is 5.24. The number of aromatic nitrogens is 2. The maximum Gasteiger partial charge on any atom is 0.317 e. The number of hydrogen-bond donors (Lipinski definition) is 2. The van der Waals surface area contributed by atoms with Gasteiger partial charge in [0.15, 0.2) is 0 Å². The molecular weight excluding hydrogens is 192 g/mol. The Kier molecular flexibility index (Phi) is 2.79. The van der Waals surface area contributed by atoms with Gasteiger partial charge in [-0.3, -0.25) is 0 Å². The van der Waals surface area contributed by atoms with Crippen LogP contribution >= 0.6 is 0 Å². The van der Waals surface area contributed by atoms with Crippen molar-refractivity contribution >= 4 is 12.0 Å². The monoisotopic (exact) mass is 210 g/mol. The van der Waals surface area contributed by atoms with Gasteiger partial charge in [0.05, 0.1) is 0 Å². The molecule has 5 nitrogen and oxygen atoms in total. The Balaban J connectivity index is 1.94. The first-order valence-electron chi connectivity index (χ1n) is 5.49. The predicted molar refractivity (Wildman–Crippen MR) is 58.3 cm³/mol. The van der Waals surface area contributed by atoms with Crippen molar-refractivity contribution in [2.24, 2.45) is 11.8 Å². The lowest BCUT2D eigenvalue weighted by Gasteiger charge is -2.31. The molecule has 1 aliphatic rings. The van der Waals surface area contributed by atoms with Crippen LogP contribution in [0.4, 0.5) is 12.0 Å². The Labute approximate surface area is 89.4 Å². The molecule has 1 aliphatic carbocycles. The second-order valence-corrected chi connectivity index (χ2v) is 4.70. The maximum absolute atomic E-state index is 5.36. The summed E-state index contributed by atoms with van der Waals surface area (Å²) in [6.07, 6.45) is 3.63. The van der Waals surface area contributed by atoms with Crippen molar-refractivity contribution in [2.45, 2.75) is 39.2 Å². The van der Waals surface area contributed by atoms with E-state index in [0.29, 0.717) is 12.1 Å². The summed E-state index contributed by atoms with van der Waals surface area (Å²) in [4.78, 5) is 0. The summed E-state index contributed by atoms with van der Waals surface area (Å²) in [6.45, 7) is 4.57. The predicted octanol–water partition coefficient (Wildman–Crippen LogP) is 1.89. The molecule has 0 amide bonds. The summed E-state index contributed by atoms with van der Waals surface area (Å²) < 4.78 is 5.10. The average Bonchev–Trinajstić information content (AvgIpc) is 2.49. The van der Waals surface area contributed by atoms with Crippen LogP contribution in [0.25, 0.3) is 0 Å². The van der Waals surface area contributed by atoms with E-state index in [1.807, 2.05) is 0 Å². The molecule has 0 aromatic carbocycles. The molecule has 84 valence electrons. The molecule has 0 aliphatic heterocycles. The van der Waals surface area contributed by atoms with E-state index in [1.54, 1.807) is 0 Å². The molecule has 2 atom stereocenters. The lowest BCUT2D eigenvalue weighted by Crippen LogP contribution is -2.30. The molecule has 2 rings (SSSR count). The third-order valence-corrected chi connectivity index (χ3v) is 2.95. The second kappa shape index (κ2) is 4.08. The Morgan fingerprint density at radius 2 is 1.87 bits per heavy atom. The standard InChI is InChI=1S/C10H18N4O/c1-6-3-7(2)5-8(4-6)12-10-14-13-9(11)15-10/h6-8H,3-5H2,1-2H3,(H2,11,13)(H,12,14). The van der Waals surface area contributed by atoms with Gasteiger partial charge in [-0.25, -0.2) is 0 Å². The molecule has 1 saturated carbocycles. The van der Waals surface area contributed by atoms with Gasteiger partial charge in [0, 0.05) is 6.04 Å². The second-order valence-electron chi connectivity index (χ2n) is 4.70. The summed E-state index contributed by atoms with van der Waals surface area (Å²) in [5.74, 6) is 1.51. The number of hydrogen-bond acceptors (Lipinski definition) is 5. The van der Waals surface area contributed by atoms with E-state index in [-0.39, 0.29) is 6.01 Å². The first-order chi connectivity index (χ1) is 7.13. The highest BCUT2D eigenvalue weighted by atomic mass is 16.4. The minimum atomic E-state index is 0.120. The van der Waals surface area contributed by atoms with Crippen molar-refractivity contribution in [1.29, 1.82) is 0 Å². The Bertz CT molecular complexity index is 315. The van der Waals surface area contributed by atoms with Crippen LogP contribution in [0, 0.1) is 11.8 Å². The molecule has 0 bridgehead atoms. The summed E-state index contributed by atoms with van der Waals surface area (Å²) in [5, 5.41) is 10.7. The summed E-state index contributed by atoms with van der Waals surface area (Å²) in [5.41, 5.74) is 5.36. The van der Waals surface area contributed by atoms with Gasteiger partial charge in [-0.2, -0.15) is 0 Å². The van der Waals surface area contributed by atoms with E-state index in [9.17, 15) is 0 Å². The van der Waals surface area contributed by atoms with Gasteiger partial charge in [-0.1, -0.05) is 24.0 Å². The zero-order chi connectivity index (χ0) is 10.8. The molecule has 1 aromatic rings. The molecule has 1 heterocycles. The largest absolute Gasteiger partial charge is 0.390 e. The van der Waals surface area contributed by atoms with Crippen LogP contribution in [0.1, 0.15) is 33.1 Å². The van der Waals surface area contributed by atoms with Crippen molar-refractivity contribution in [2.75, 3.05) is 11.1 Å². The number of rotatable bonds is 2. The molecule has 0 saturated heterocycles. The van der Waals surface area contributed by atoms with Gasteiger partial charge in [0.1, 0.15) is 0 Å². The van der Waals surface area contributed by atoms with Gasteiger partial charge in [-0.15, -0.1) is 0 Å². The van der Waals surface area contributed by atoms with Gasteiger partial charge >= 0.3 is 12.0 Å². The molecule has 1 aromatic heterocycles. The molecule has 15 heavy (non-hydrogen) atoms. The fourth-order valence-electron chi connectivity index (χ4n) is 2.53. The smallest absolute Gasteiger partial charge is 0.317 e. The Morgan fingerprint density at radius 1 is 1.20 bits per heavy atom. The fourth-order valence-corrected chi connectivity index (χ4v) is 2.53. The highest BCUT2D eigenvalue weighted by Crippen LogP contribution is 2.30. The van der Waals surface area contributed by atoms with E-state index in [0.717, 1.165) is 24.7 Å².